The monoisotopic (exact) mass is 430 g/mol. The summed E-state index contributed by atoms with van der Waals surface area (Å²) in [6, 6.07) is 19.1. The minimum Gasteiger partial charge on any atom is -0.457 e. The van der Waals surface area contributed by atoms with E-state index in [0.29, 0.717) is 11.5 Å². The van der Waals surface area contributed by atoms with Crippen molar-refractivity contribution >= 4 is 17.6 Å². The zero-order chi connectivity index (χ0) is 22.9. The molecule has 3 nitrogen and oxygen atoms in total. The van der Waals surface area contributed by atoms with E-state index in [9.17, 15) is 4.39 Å². The van der Waals surface area contributed by atoms with Gasteiger partial charge in [0.05, 0.1) is 5.69 Å². The minimum atomic E-state index is -0.240. The molecule has 0 bridgehead atoms. The molecule has 166 valence electrons. The largest absolute Gasteiger partial charge is 0.457 e. The van der Waals surface area contributed by atoms with Crippen molar-refractivity contribution in [2.24, 2.45) is 4.99 Å². The quantitative estimate of drug-likeness (QED) is 0.386. The van der Waals surface area contributed by atoms with Gasteiger partial charge in [0.25, 0.3) is 0 Å². The lowest BCUT2D eigenvalue weighted by molar-refractivity contribution is 0.380. The van der Waals surface area contributed by atoms with E-state index >= 15 is 0 Å². The molecule has 0 spiro atoms. The van der Waals surface area contributed by atoms with Gasteiger partial charge in [-0.2, -0.15) is 0 Å². The summed E-state index contributed by atoms with van der Waals surface area (Å²) in [7, 11) is 0. The van der Waals surface area contributed by atoms with Crippen LogP contribution in [0.3, 0.4) is 0 Å². The fraction of sp³-hybridized carbons (Fsp3) is 0.321. The van der Waals surface area contributed by atoms with Crippen LogP contribution in [0.4, 0.5) is 15.8 Å². The summed E-state index contributed by atoms with van der Waals surface area (Å²) in [4.78, 5) is 6.82. The second-order valence-corrected chi connectivity index (χ2v) is 9.21. The third kappa shape index (κ3) is 4.40. The van der Waals surface area contributed by atoms with Crippen molar-refractivity contribution < 1.29 is 9.13 Å². The number of ether oxygens (including phenoxy) is 1. The van der Waals surface area contributed by atoms with Gasteiger partial charge in [0.15, 0.2) is 0 Å². The van der Waals surface area contributed by atoms with Crippen molar-refractivity contribution in [3.8, 4) is 11.5 Å². The van der Waals surface area contributed by atoms with E-state index in [2.05, 4.69) is 37.6 Å². The fourth-order valence-corrected chi connectivity index (χ4v) is 4.76. The lowest BCUT2D eigenvalue weighted by Gasteiger charge is -2.47. The van der Waals surface area contributed by atoms with E-state index < -0.39 is 0 Å². The number of rotatable bonds is 5. The Balaban J connectivity index is 1.55. The van der Waals surface area contributed by atoms with Gasteiger partial charge >= 0.3 is 0 Å². The van der Waals surface area contributed by atoms with Gasteiger partial charge in [0.1, 0.15) is 17.3 Å². The molecule has 0 N–H and O–H groups in total. The number of nitrogens with zero attached hydrogens (tertiary/aromatic N) is 2. The second kappa shape index (κ2) is 8.78. The molecule has 1 heterocycles. The first kappa shape index (κ1) is 22.1. The molecule has 1 aliphatic heterocycles. The highest BCUT2D eigenvalue weighted by Crippen LogP contribution is 2.43. The summed E-state index contributed by atoms with van der Waals surface area (Å²) in [5.41, 5.74) is 4.57. The van der Waals surface area contributed by atoms with Crippen LogP contribution in [0, 0.1) is 12.7 Å². The topological polar surface area (TPSA) is 24.8 Å². The van der Waals surface area contributed by atoms with E-state index in [1.165, 1.54) is 5.56 Å². The normalized spacial score (nSPS) is 17.4. The smallest absolute Gasteiger partial charge is 0.134 e. The molecule has 0 fully saturated rings. The van der Waals surface area contributed by atoms with Gasteiger partial charge in [-0.1, -0.05) is 25.1 Å². The third-order valence-electron chi connectivity index (χ3n) is 6.33. The van der Waals surface area contributed by atoms with Gasteiger partial charge in [-0.25, -0.2) is 4.39 Å². The first-order chi connectivity index (χ1) is 15.3. The van der Waals surface area contributed by atoms with Crippen LogP contribution < -0.4 is 9.64 Å². The molecular weight excluding hydrogens is 399 g/mol. The Kier molecular flexibility index (Phi) is 6.05. The van der Waals surface area contributed by atoms with Crippen molar-refractivity contribution in [3.05, 3.63) is 83.2 Å². The van der Waals surface area contributed by atoms with Crippen LogP contribution in [0.15, 0.2) is 65.7 Å². The van der Waals surface area contributed by atoms with E-state index in [1.54, 1.807) is 12.3 Å². The van der Waals surface area contributed by atoms with Gasteiger partial charge < -0.3 is 9.64 Å². The summed E-state index contributed by atoms with van der Waals surface area (Å²) in [5, 5.41) is 0. The summed E-state index contributed by atoms with van der Waals surface area (Å²) < 4.78 is 20.9. The Morgan fingerprint density at radius 3 is 2.53 bits per heavy atom. The molecule has 3 aromatic rings. The van der Waals surface area contributed by atoms with Crippen molar-refractivity contribution in [2.75, 3.05) is 11.4 Å². The van der Waals surface area contributed by atoms with Crippen molar-refractivity contribution in [2.45, 2.75) is 52.5 Å². The Morgan fingerprint density at radius 1 is 1.12 bits per heavy atom. The van der Waals surface area contributed by atoms with E-state index in [-0.39, 0.29) is 11.4 Å². The lowest BCUT2D eigenvalue weighted by Crippen LogP contribution is -2.48. The maximum Gasteiger partial charge on any atom is 0.134 e. The number of fused-ring (bicyclic) bond motifs is 1. The molecule has 0 aliphatic carbocycles. The SMILES string of the molecule is CCN1c2cc(F)c(C=Nc3ccc(Oc4ccccc4C)cc3)cc2C(C)CC1(C)C. The Hall–Kier alpha value is -3.14. The van der Waals surface area contributed by atoms with Crippen LogP contribution in [0.5, 0.6) is 11.5 Å². The number of halogens is 1. The number of aryl methyl sites for hydroxylation is 1. The number of anilines is 1. The summed E-state index contributed by atoms with van der Waals surface area (Å²) >= 11 is 0. The number of hydrogen-bond donors (Lipinski definition) is 0. The zero-order valence-corrected chi connectivity index (χ0v) is 19.5. The predicted molar refractivity (Wildman–Crippen MR) is 131 cm³/mol. The molecule has 32 heavy (non-hydrogen) atoms. The highest BCUT2D eigenvalue weighted by Gasteiger charge is 2.36. The Labute approximate surface area is 190 Å². The molecule has 3 aromatic carbocycles. The number of hydrogen-bond acceptors (Lipinski definition) is 3. The van der Waals surface area contributed by atoms with Gasteiger partial charge in [-0.3, -0.25) is 4.99 Å². The van der Waals surface area contributed by atoms with Crippen LogP contribution in [0.1, 0.15) is 56.7 Å². The summed E-state index contributed by atoms with van der Waals surface area (Å²) in [6.07, 6.45) is 2.66. The molecule has 1 atom stereocenters. The standard InChI is InChI=1S/C28H31FN2O/c1-6-31-26-16-25(29)21(15-24(26)20(3)17-28(31,4)5)18-30-22-11-13-23(14-12-22)32-27-10-8-7-9-19(27)2/h7-16,18,20H,6,17H2,1-5H3. The highest BCUT2D eigenvalue weighted by atomic mass is 19.1. The number of aliphatic imine (C=N–C) groups is 1. The van der Waals surface area contributed by atoms with Crippen LogP contribution in [-0.4, -0.2) is 18.3 Å². The predicted octanol–water partition coefficient (Wildman–Crippen LogP) is 7.79. The molecule has 1 aliphatic rings. The van der Waals surface area contributed by atoms with Gasteiger partial charge in [-0.15, -0.1) is 0 Å². The average Bonchev–Trinajstić information content (AvgIpc) is 2.75. The van der Waals surface area contributed by atoms with Crippen molar-refractivity contribution in [1.29, 1.82) is 0 Å². The Morgan fingerprint density at radius 2 is 1.84 bits per heavy atom. The van der Waals surface area contributed by atoms with Crippen molar-refractivity contribution in [1.82, 2.24) is 0 Å². The van der Waals surface area contributed by atoms with Crippen LogP contribution in [-0.2, 0) is 0 Å². The lowest BCUT2D eigenvalue weighted by atomic mass is 9.79. The van der Waals surface area contributed by atoms with Crippen molar-refractivity contribution in [3.63, 3.8) is 0 Å². The molecule has 0 saturated carbocycles. The molecule has 1 unspecified atom stereocenters. The van der Waals surface area contributed by atoms with Crippen LogP contribution >= 0.6 is 0 Å². The van der Waals surface area contributed by atoms with Gasteiger partial charge in [0.2, 0.25) is 0 Å². The summed E-state index contributed by atoms with van der Waals surface area (Å²) in [5.74, 6) is 1.70. The first-order valence-corrected chi connectivity index (χ1v) is 11.3. The maximum absolute atomic E-state index is 15.0. The Bertz CT molecular complexity index is 1130. The molecular formula is C28H31FN2O. The molecule has 0 amide bonds. The number of benzene rings is 3. The minimum absolute atomic E-state index is 0.0192. The molecule has 0 aromatic heterocycles. The molecule has 4 rings (SSSR count). The highest BCUT2D eigenvalue weighted by molar-refractivity contribution is 5.84. The maximum atomic E-state index is 15.0. The van der Waals surface area contributed by atoms with Gasteiger partial charge in [-0.05, 0) is 93.6 Å². The second-order valence-electron chi connectivity index (χ2n) is 9.21. The van der Waals surface area contributed by atoms with E-state index in [4.69, 9.17) is 4.74 Å². The first-order valence-electron chi connectivity index (χ1n) is 11.3. The number of para-hydroxylation sites is 1. The summed E-state index contributed by atoms with van der Waals surface area (Å²) in [6.45, 7) is 11.7. The molecule has 4 heteroatoms. The fourth-order valence-electron chi connectivity index (χ4n) is 4.76. The van der Waals surface area contributed by atoms with Gasteiger partial charge in [0, 0.05) is 29.5 Å². The van der Waals surface area contributed by atoms with Crippen LogP contribution in [0.2, 0.25) is 0 Å². The van der Waals surface area contributed by atoms with Crippen LogP contribution in [0.25, 0.3) is 0 Å². The third-order valence-corrected chi connectivity index (χ3v) is 6.33. The molecule has 0 saturated heterocycles. The van der Waals surface area contributed by atoms with E-state index in [0.717, 1.165) is 41.4 Å². The molecule has 0 radical (unpaired) electrons. The zero-order valence-electron chi connectivity index (χ0n) is 19.5. The van der Waals surface area contributed by atoms with E-state index in [1.807, 2.05) is 61.5 Å². The average molecular weight is 431 g/mol.